The van der Waals surface area contributed by atoms with E-state index in [9.17, 15) is 0 Å². The fraction of sp³-hybridized carbons (Fsp3) is 0.140. The van der Waals surface area contributed by atoms with Crippen molar-refractivity contribution in [2.24, 2.45) is 0 Å². The van der Waals surface area contributed by atoms with Crippen LogP contribution in [0.1, 0.15) is 42.4 Å². The molecule has 1 aromatic heterocycles. The molecule has 2 aliphatic rings. The summed E-state index contributed by atoms with van der Waals surface area (Å²) in [6, 6.07) is 60.0. The molecular formula is C50H44N3+3. The molecule has 9 rings (SSSR count). The fourth-order valence-electron chi connectivity index (χ4n) is 8.76. The van der Waals surface area contributed by atoms with Crippen molar-refractivity contribution in [1.82, 2.24) is 0 Å². The van der Waals surface area contributed by atoms with E-state index >= 15 is 0 Å². The van der Waals surface area contributed by atoms with Crippen LogP contribution in [0, 0.1) is 13.8 Å². The van der Waals surface area contributed by atoms with E-state index in [1.807, 2.05) is 0 Å². The smallest absolute Gasteiger partial charge is 0.182 e. The van der Waals surface area contributed by atoms with Crippen LogP contribution in [0.3, 0.4) is 0 Å². The Balaban J connectivity index is 1.21. The Morgan fingerprint density at radius 2 is 0.736 bits per heavy atom. The number of rotatable bonds is 6. The third-order valence-electron chi connectivity index (χ3n) is 11.3. The highest BCUT2D eigenvalue weighted by atomic mass is 15.2. The summed E-state index contributed by atoms with van der Waals surface area (Å²) in [6.07, 6.45) is 0. The van der Waals surface area contributed by atoms with Crippen molar-refractivity contribution in [1.29, 1.82) is 0 Å². The maximum atomic E-state index is 2.61. The molecule has 0 aliphatic carbocycles. The third kappa shape index (κ3) is 5.74. The quantitative estimate of drug-likeness (QED) is 0.154. The second-order valence-corrected chi connectivity index (χ2v) is 14.6. The van der Waals surface area contributed by atoms with Crippen molar-refractivity contribution >= 4 is 22.8 Å². The molecule has 0 spiro atoms. The number of nitrogens with zero attached hydrogens (tertiary/aromatic N) is 3. The number of hydrogen-bond acceptors (Lipinski definition) is 0. The number of aryl methyl sites for hydroxylation is 2. The average molecular weight is 687 g/mol. The molecule has 0 N–H and O–H groups in total. The van der Waals surface area contributed by atoms with E-state index in [1.165, 1.54) is 89.8 Å². The molecule has 3 heterocycles. The van der Waals surface area contributed by atoms with Gasteiger partial charge in [0.1, 0.15) is 0 Å². The zero-order chi connectivity index (χ0) is 36.1. The zero-order valence-electron chi connectivity index (χ0n) is 30.9. The molecule has 3 nitrogen and oxygen atoms in total. The Morgan fingerprint density at radius 1 is 0.377 bits per heavy atom. The van der Waals surface area contributed by atoms with E-state index in [-0.39, 0.29) is 6.04 Å². The van der Waals surface area contributed by atoms with Gasteiger partial charge in [0, 0.05) is 37.1 Å². The van der Waals surface area contributed by atoms with Crippen LogP contribution in [0.2, 0.25) is 0 Å². The first-order valence-corrected chi connectivity index (χ1v) is 18.7. The van der Waals surface area contributed by atoms with Gasteiger partial charge in [-0.25, -0.2) is 0 Å². The third-order valence-corrected chi connectivity index (χ3v) is 11.3. The van der Waals surface area contributed by atoms with Crippen LogP contribution in [-0.4, -0.2) is 33.7 Å². The first-order chi connectivity index (χ1) is 26.0. The Kier molecular flexibility index (Phi) is 8.28. The molecule has 0 radical (unpaired) electrons. The largest absolute Gasteiger partial charge is 0.275 e. The van der Waals surface area contributed by atoms with Crippen molar-refractivity contribution in [3.05, 3.63) is 186 Å². The Morgan fingerprint density at radius 3 is 1.11 bits per heavy atom. The normalized spacial score (nSPS) is 14.0. The summed E-state index contributed by atoms with van der Waals surface area (Å²) in [5.41, 5.74) is 20.2. The number of pyridine rings is 1. The van der Waals surface area contributed by atoms with Crippen molar-refractivity contribution < 1.29 is 13.7 Å². The predicted octanol–water partition coefficient (Wildman–Crippen LogP) is 11.1. The van der Waals surface area contributed by atoms with Crippen LogP contribution in [0.5, 0.6) is 0 Å². The van der Waals surface area contributed by atoms with Gasteiger partial charge in [-0.3, -0.25) is 0 Å². The van der Waals surface area contributed by atoms with Gasteiger partial charge in [-0.1, -0.05) is 121 Å². The number of hydrogen-bond donors (Lipinski definition) is 0. The van der Waals surface area contributed by atoms with Crippen LogP contribution in [0.4, 0.5) is 11.4 Å². The minimum Gasteiger partial charge on any atom is -0.182 e. The van der Waals surface area contributed by atoms with Gasteiger partial charge in [0.05, 0.1) is 11.1 Å². The maximum Gasteiger partial charge on any atom is 0.275 e. The van der Waals surface area contributed by atoms with E-state index in [0.29, 0.717) is 0 Å². The van der Waals surface area contributed by atoms with Gasteiger partial charge in [-0.2, -0.15) is 13.7 Å². The zero-order valence-corrected chi connectivity index (χ0v) is 30.9. The molecule has 0 atom stereocenters. The molecule has 7 aromatic rings. The summed E-state index contributed by atoms with van der Waals surface area (Å²) >= 11 is 0. The lowest BCUT2D eigenvalue weighted by Gasteiger charge is -2.26. The molecule has 3 heteroatoms. The molecular weight excluding hydrogens is 643 g/mol. The van der Waals surface area contributed by atoms with Gasteiger partial charge in [-0.15, -0.1) is 0 Å². The van der Waals surface area contributed by atoms with Gasteiger partial charge in [0.15, 0.2) is 0 Å². The number of aromatic nitrogens is 1. The summed E-state index contributed by atoms with van der Waals surface area (Å²) in [4.78, 5) is 0. The highest BCUT2D eigenvalue weighted by Gasteiger charge is 2.49. The van der Waals surface area contributed by atoms with Crippen molar-refractivity contribution in [3.63, 3.8) is 0 Å². The molecule has 256 valence electrons. The average Bonchev–Trinajstić information content (AvgIpc) is 3.21. The molecule has 0 amide bonds. The summed E-state index contributed by atoms with van der Waals surface area (Å²) in [5.74, 6) is 0. The summed E-state index contributed by atoms with van der Waals surface area (Å²) in [7, 11) is 0. The van der Waals surface area contributed by atoms with E-state index in [4.69, 9.17) is 0 Å². The fourth-order valence-corrected chi connectivity index (χ4v) is 8.76. The second-order valence-electron chi connectivity index (χ2n) is 14.6. The minimum absolute atomic E-state index is 0.224. The van der Waals surface area contributed by atoms with Crippen LogP contribution in [0.15, 0.2) is 164 Å². The molecule has 0 saturated carbocycles. The monoisotopic (exact) mass is 686 g/mol. The van der Waals surface area contributed by atoms with E-state index < -0.39 is 0 Å². The van der Waals surface area contributed by atoms with Crippen LogP contribution in [-0.2, 0) is 0 Å². The highest BCUT2D eigenvalue weighted by molar-refractivity contribution is 5.97. The molecule has 0 fully saturated rings. The molecule has 53 heavy (non-hydrogen) atoms. The minimum atomic E-state index is 0.224. The molecule has 6 aromatic carbocycles. The SMILES string of the molecule is CC1=[N+](c2c(C)cc(-c3ccccc3)cc2-c2ccccc2)CC2C[N+](c3c(C)cc(-c4ccccc4)cc3-c3ccccc3)=C(C)c3cccc1[n+]32. The lowest BCUT2D eigenvalue weighted by molar-refractivity contribution is -0.781. The van der Waals surface area contributed by atoms with Crippen LogP contribution >= 0.6 is 0 Å². The number of benzene rings is 6. The standard InChI is InChI=1S/C50H44N3/c1-34-28-42(38-18-9-5-10-19-38)30-45(40-22-13-7-14-23-40)49(34)51-32-44-33-52(37(4)48-27-17-26-47(36(51)3)53(44)48)50-35(2)29-43(39-20-11-6-12-21-39)31-46(50)41-24-15-8-16-25-41/h5-31,44H,32-33H2,1-4H3/q+3. The molecule has 2 aliphatic heterocycles. The summed E-state index contributed by atoms with van der Waals surface area (Å²) in [6.45, 7) is 10.9. The maximum absolute atomic E-state index is 2.61. The molecule has 0 saturated heterocycles. The Bertz CT molecular complexity index is 2390. The van der Waals surface area contributed by atoms with Crippen molar-refractivity contribution in [3.8, 4) is 44.5 Å². The topological polar surface area (TPSA) is 9.90 Å². The van der Waals surface area contributed by atoms with Crippen molar-refractivity contribution in [2.45, 2.75) is 33.7 Å². The van der Waals surface area contributed by atoms with Gasteiger partial charge in [-0.05, 0) is 77.6 Å². The summed E-state index contributed by atoms with van der Waals surface area (Å²) < 4.78 is 7.83. The van der Waals surface area contributed by atoms with Crippen LogP contribution < -0.4 is 4.57 Å². The van der Waals surface area contributed by atoms with E-state index in [2.05, 4.69) is 205 Å². The highest BCUT2D eigenvalue weighted by Crippen LogP contribution is 2.41. The van der Waals surface area contributed by atoms with Crippen molar-refractivity contribution in [2.75, 3.05) is 13.1 Å². The van der Waals surface area contributed by atoms with E-state index in [0.717, 1.165) is 13.1 Å². The molecule has 0 bridgehead atoms. The summed E-state index contributed by atoms with van der Waals surface area (Å²) in [5, 5.41) is 0. The van der Waals surface area contributed by atoms with E-state index in [1.54, 1.807) is 0 Å². The molecule has 0 unspecified atom stereocenters. The Labute approximate surface area is 313 Å². The first kappa shape index (κ1) is 32.7. The Hall–Kier alpha value is -6.19. The lowest BCUT2D eigenvalue weighted by atomic mass is 9.92. The van der Waals surface area contributed by atoms with Gasteiger partial charge in [0.2, 0.25) is 24.5 Å². The first-order valence-electron chi connectivity index (χ1n) is 18.7. The predicted molar refractivity (Wildman–Crippen MR) is 219 cm³/mol. The van der Waals surface area contributed by atoms with Crippen LogP contribution in [0.25, 0.3) is 44.5 Å². The van der Waals surface area contributed by atoms with Gasteiger partial charge < -0.3 is 0 Å². The van der Waals surface area contributed by atoms with Gasteiger partial charge in [0.25, 0.3) is 28.9 Å². The lowest BCUT2D eigenvalue weighted by Crippen LogP contribution is -2.61. The second kappa shape index (κ2) is 13.4. The van der Waals surface area contributed by atoms with Gasteiger partial charge >= 0.3 is 0 Å².